The molecule has 2 unspecified atom stereocenters. The molecule has 2 aliphatic rings. The molecule has 2 rings (SSSR count). The lowest BCUT2D eigenvalue weighted by Crippen LogP contribution is -2.57. The molecule has 1 N–H and O–H groups in total. The molecule has 0 radical (unpaired) electrons. The van der Waals surface area contributed by atoms with Gasteiger partial charge >= 0.3 is 6.18 Å². The molecular weight excluding hydrogens is 243 g/mol. The number of piperidine rings is 1. The van der Waals surface area contributed by atoms with E-state index in [4.69, 9.17) is 0 Å². The molecule has 0 saturated carbocycles. The Hall–Kier alpha value is -0.330. The number of hydrogen-bond acceptors (Lipinski definition) is 3. The third-order valence-electron chi connectivity index (χ3n) is 3.95. The highest BCUT2D eigenvalue weighted by atomic mass is 19.4. The Kier molecular flexibility index (Phi) is 4.50. The van der Waals surface area contributed by atoms with Gasteiger partial charge in [0.05, 0.1) is 0 Å². The van der Waals surface area contributed by atoms with Crippen molar-refractivity contribution in [2.24, 2.45) is 0 Å². The molecule has 3 nitrogen and oxygen atoms in total. The lowest BCUT2D eigenvalue weighted by molar-refractivity contribution is -0.188. The molecule has 106 valence electrons. The van der Waals surface area contributed by atoms with Gasteiger partial charge in [-0.15, -0.1) is 0 Å². The number of hydrogen-bond donors (Lipinski definition) is 1. The van der Waals surface area contributed by atoms with Gasteiger partial charge in [0, 0.05) is 25.7 Å². The predicted octanol–water partition coefficient (Wildman–Crippen LogP) is 1.31. The van der Waals surface area contributed by atoms with Crippen molar-refractivity contribution in [2.45, 2.75) is 37.5 Å². The highest BCUT2D eigenvalue weighted by Gasteiger charge is 2.46. The Morgan fingerprint density at radius 1 is 1.17 bits per heavy atom. The van der Waals surface area contributed by atoms with E-state index in [0.717, 1.165) is 32.4 Å². The third kappa shape index (κ3) is 3.36. The second-order valence-corrected chi connectivity index (χ2v) is 5.41. The number of rotatable bonds is 1. The van der Waals surface area contributed by atoms with Crippen molar-refractivity contribution < 1.29 is 13.2 Å². The van der Waals surface area contributed by atoms with Crippen molar-refractivity contribution in [1.82, 2.24) is 15.1 Å². The van der Waals surface area contributed by atoms with Crippen LogP contribution in [0, 0.1) is 0 Å². The molecule has 2 heterocycles. The maximum Gasteiger partial charge on any atom is 0.405 e. The van der Waals surface area contributed by atoms with Gasteiger partial charge in [0.15, 0.2) is 0 Å². The van der Waals surface area contributed by atoms with Gasteiger partial charge < -0.3 is 10.2 Å². The van der Waals surface area contributed by atoms with Crippen LogP contribution in [-0.2, 0) is 0 Å². The predicted molar refractivity (Wildman–Crippen MR) is 64.6 cm³/mol. The van der Waals surface area contributed by atoms with Crippen LogP contribution in [0.15, 0.2) is 0 Å². The van der Waals surface area contributed by atoms with E-state index in [1.807, 2.05) is 7.05 Å². The summed E-state index contributed by atoms with van der Waals surface area (Å²) in [4.78, 5) is 3.83. The summed E-state index contributed by atoms with van der Waals surface area (Å²) in [6.45, 7) is 3.02. The van der Waals surface area contributed by atoms with E-state index in [1.165, 1.54) is 0 Å². The third-order valence-corrected chi connectivity index (χ3v) is 3.95. The number of nitrogens with one attached hydrogen (secondary N) is 1. The van der Waals surface area contributed by atoms with Crippen LogP contribution in [0.5, 0.6) is 0 Å². The lowest BCUT2D eigenvalue weighted by Gasteiger charge is -2.41. The van der Waals surface area contributed by atoms with Gasteiger partial charge in [-0.2, -0.15) is 13.2 Å². The van der Waals surface area contributed by atoms with Gasteiger partial charge in [0.1, 0.15) is 6.04 Å². The highest BCUT2D eigenvalue weighted by Crippen LogP contribution is 2.29. The maximum atomic E-state index is 13.1. The highest BCUT2D eigenvalue weighted by molar-refractivity contribution is 4.90. The van der Waals surface area contributed by atoms with Crippen LogP contribution in [-0.4, -0.2) is 67.8 Å². The summed E-state index contributed by atoms with van der Waals surface area (Å²) in [5.41, 5.74) is 0. The van der Waals surface area contributed by atoms with Gasteiger partial charge in [-0.25, -0.2) is 0 Å². The van der Waals surface area contributed by atoms with Crippen LogP contribution in [0.25, 0.3) is 0 Å². The normalized spacial score (nSPS) is 33.3. The molecule has 18 heavy (non-hydrogen) atoms. The topological polar surface area (TPSA) is 18.5 Å². The second-order valence-electron chi connectivity index (χ2n) is 5.41. The van der Waals surface area contributed by atoms with E-state index >= 15 is 0 Å². The SMILES string of the molecule is CN1CCCC(N2CCCNCC2C(F)(F)F)C1. The zero-order valence-electron chi connectivity index (χ0n) is 10.8. The molecule has 2 atom stereocenters. The minimum Gasteiger partial charge on any atom is -0.315 e. The van der Waals surface area contributed by atoms with Crippen molar-refractivity contribution >= 4 is 0 Å². The minimum absolute atomic E-state index is 0.0315. The molecule has 0 aromatic rings. The number of likely N-dealkylation sites (N-methyl/N-ethyl adjacent to an activating group) is 1. The molecular formula is C12H22F3N3. The quantitative estimate of drug-likeness (QED) is 0.771. The van der Waals surface area contributed by atoms with Gasteiger partial charge in [-0.05, 0) is 39.4 Å². The van der Waals surface area contributed by atoms with Crippen LogP contribution in [0.1, 0.15) is 19.3 Å². The average molecular weight is 265 g/mol. The van der Waals surface area contributed by atoms with Crippen molar-refractivity contribution in [1.29, 1.82) is 0 Å². The van der Waals surface area contributed by atoms with Crippen LogP contribution in [0.4, 0.5) is 13.2 Å². The first kappa shape index (κ1) is 14.1. The van der Waals surface area contributed by atoms with Crippen molar-refractivity contribution in [3.05, 3.63) is 0 Å². The van der Waals surface area contributed by atoms with E-state index in [-0.39, 0.29) is 12.6 Å². The average Bonchev–Trinajstić information content (AvgIpc) is 2.53. The molecule has 6 heteroatoms. The van der Waals surface area contributed by atoms with Crippen LogP contribution in [0.2, 0.25) is 0 Å². The van der Waals surface area contributed by atoms with E-state index in [1.54, 1.807) is 4.90 Å². The summed E-state index contributed by atoms with van der Waals surface area (Å²) >= 11 is 0. The molecule has 0 bridgehead atoms. The zero-order chi connectivity index (χ0) is 13.2. The van der Waals surface area contributed by atoms with Crippen LogP contribution < -0.4 is 5.32 Å². The standard InChI is InChI=1S/C12H22F3N3/c1-17-6-2-4-10(9-17)18-7-3-5-16-8-11(18)12(13,14)15/h10-11,16H,2-9H2,1H3. The smallest absolute Gasteiger partial charge is 0.315 e. The Morgan fingerprint density at radius 3 is 2.61 bits per heavy atom. The van der Waals surface area contributed by atoms with Gasteiger partial charge in [0.25, 0.3) is 0 Å². The maximum absolute atomic E-state index is 13.1. The molecule has 0 aromatic carbocycles. The first-order valence-corrected chi connectivity index (χ1v) is 6.70. The summed E-state index contributed by atoms with van der Waals surface area (Å²) in [6.07, 6.45) is -1.45. The fourth-order valence-electron chi connectivity index (χ4n) is 3.05. The Bertz CT molecular complexity index is 270. The Morgan fingerprint density at radius 2 is 1.94 bits per heavy atom. The molecule has 0 spiro atoms. The fraction of sp³-hybridized carbons (Fsp3) is 1.00. The van der Waals surface area contributed by atoms with E-state index in [0.29, 0.717) is 13.1 Å². The number of halogens is 3. The summed E-state index contributed by atoms with van der Waals surface area (Å²) in [6, 6.07) is -1.27. The van der Waals surface area contributed by atoms with Crippen molar-refractivity contribution in [3.63, 3.8) is 0 Å². The zero-order valence-corrected chi connectivity index (χ0v) is 10.8. The molecule has 2 fully saturated rings. The number of nitrogens with zero attached hydrogens (tertiary/aromatic N) is 2. The number of alkyl halides is 3. The first-order chi connectivity index (χ1) is 8.48. The Labute approximate surface area is 106 Å². The van der Waals surface area contributed by atoms with Gasteiger partial charge in [-0.1, -0.05) is 0 Å². The molecule has 0 aromatic heterocycles. The van der Waals surface area contributed by atoms with E-state index in [2.05, 4.69) is 10.2 Å². The molecule has 0 amide bonds. The molecule has 2 aliphatic heterocycles. The van der Waals surface area contributed by atoms with Gasteiger partial charge in [-0.3, -0.25) is 4.90 Å². The lowest BCUT2D eigenvalue weighted by atomic mass is 10.0. The minimum atomic E-state index is -4.13. The van der Waals surface area contributed by atoms with Gasteiger partial charge in [0.2, 0.25) is 0 Å². The first-order valence-electron chi connectivity index (χ1n) is 6.70. The van der Waals surface area contributed by atoms with E-state index < -0.39 is 12.2 Å². The number of likely N-dealkylation sites (tertiary alicyclic amines) is 1. The van der Waals surface area contributed by atoms with Crippen molar-refractivity contribution in [3.8, 4) is 0 Å². The Balaban J connectivity index is 2.09. The fourth-order valence-corrected chi connectivity index (χ4v) is 3.05. The second kappa shape index (κ2) is 5.75. The summed E-state index contributed by atoms with van der Waals surface area (Å²) in [7, 11) is 1.99. The van der Waals surface area contributed by atoms with Crippen LogP contribution >= 0.6 is 0 Å². The molecule has 2 saturated heterocycles. The summed E-state index contributed by atoms with van der Waals surface area (Å²) < 4.78 is 39.4. The summed E-state index contributed by atoms with van der Waals surface area (Å²) in [5, 5.41) is 2.91. The van der Waals surface area contributed by atoms with Crippen molar-refractivity contribution in [2.75, 3.05) is 39.8 Å². The van der Waals surface area contributed by atoms with Crippen LogP contribution in [0.3, 0.4) is 0 Å². The summed E-state index contributed by atoms with van der Waals surface area (Å²) in [5.74, 6) is 0. The largest absolute Gasteiger partial charge is 0.405 e. The monoisotopic (exact) mass is 265 g/mol. The molecule has 0 aliphatic carbocycles. The van der Waals surface area contributed by atoms with E-state index in [9.17, 15) is 13.2 Å².